The predicted octanol–water partition coefficient (Wildman–Crippen LogP) is 2.37. The van der Waals surface area contributed by atoms with Crippen molar-refractivity contribution < 1.29 is 17.6 Å². The van der Waals surface area contributed by atoms with E-state index in [1.165, 1.54) is 11.0 Å². The number of hydrogen-bond donors (Lipinski definition) is 0. The Morgan fingerprint density at radius 2 is 2.19 bits per heavy atom. The van der Waals surface area contributed by atoms with E-state index in [1.807, 2.05) is 0 Å². The van der Waals surface area contributed by atoms with Gasteiger partial charge < -0.3 is 4.90 Å². The largest absolute Gasteiger partial charge is 0.341 e. The van der Waals surface area contributed by atoms with Crippen LogP contribution in [0.15, 0.2) is 22.7 Å². The van der Waals surface area contributed by atoms with E-state index >= 15 is 0 Å². The van der Waals surface area contributed by atoms with Crippen LogP contribution in [0.25, 0.3) is 0 Å². The summed E-state index contributed by atoms with van der Waals surface area (Å²) in [7, 11) is -1.37. The fraction of sp³-hybridized carbons (Fsp3) is 0.500. The van der Waals surface area contributed by atoms with Gasteiger partial charge in [0.2, 0.25) is 5.91 Å². The van der Waals surface area contributed by atoms with Gasteiger partial charge in [0.15, 0.2) is 9.84 Å². The van der Waals surface area contributed by atoms with Crippen LogP contribution in [0.2, 0.25) is 0 Å². The Bertz CT molecular complexity index is 648. The molecule has 21 heavy (non-hydrogen) atoms. The minimum Gasteiger partial charge on any atom is -0.341 e. The second kappa shape index (κ2) is 6.44. The molecule has 0 bridgehead atoms. The molecule has 0 N–H and O–H groups in total. The number of nitrogens with zero attached hydrogens (tertiary/aromatic N) is 1. The zero-order valence-electron chi connectivity index (χ0n) is 11.7. The maximum Gasteiger partial charge on any atom is 0.222 e. The van der Waals surface area contributed by atoms with Crippen molar-refractivity contribution in [2.75, 3.05) is 18.6 Å². The third kappa shape index (κ3) is 4.51. The van der Waals surface area contributed by atoms with E-state index in [0.717, 1.165) is 4.47 Å². The lowest BCUT2D eigenvalue weighted by atomic mass is 10.0. The SMILES string of the molecule is CN(Cc1cc(Br)ccc1F)C(=O)CC1CCS(=O)(=O)C1. The van der Waals surface area contributed by atoms with E-state index in [1.54, 1.807) is 19.2 Å². The average Bonchev–Trinajstić information content (AvgIpc) is 2.73. The van der Waals surface area contributed by atoms with Gasteiger partial charge in [-0.25, -0.2) is 12.8 Å². The van der Waals surface area contributed by atoms with Gasteiger partial charge in [-0.2, -0.15) is 0 Å². The summed E-state index contributed by atoms with van der Waals surface area (Å²) in [6.07, 6.45) is 0.735. The molecule has 2 rings (SSSR count). The van der Waals surface area contributed by atoms with Crippen LogP contribution in [0.4, 0.5) is 4.39 Å². The van der Waals surface area contributed by atoms with E-state index in [9.17, 15) is 17.6 Å². The molecule has 1 fully saturated rings. The molecule has 1 saturated heterocycles. The topological polar surface area (TPSA) is 54.5 Å². The van der Waals surface area contributed by atoms with Crippen LogP contribution >= 0.6 is 15.9 Å². The summed E-state index contributed by atoms with van der Waals surface area (Å²) in [4.78, 5) is 13.5. The van der Waals surface area contributed by atoms with Crippen molar-refractivity contribution in [2.24, 2.45) is 5.92 Å². The van der Waals surface area contributed by atoms with Gasteiger partial charge in [0.1, 0.15) is 5.82 Å². The normalized spacial score (nSPS) is 20.4. The molecular formula is C14H17BrFNO3S. The molecular weight excluding hydrogens is 361 g/mol. The number of benzene rings is 1. The zero-order valence-corrected chi connectivity index (χ0v) is 14.1. The fourth-order valence-corrected chi connectivity index (χ4v) is 4.71. The van der Waals surface area contributed by atoms with E-state index in [0.29, 0.717) is 12.0 Å². The number of hydrogen-bond acceptors (Lipinski definition) is 3. The first-order valence-corrected chi connectivity index (χ1v) is 9.26. The van der Waals surface area contributed by atoms with Crippen molar-refractivity contribution in [1.82, 2.24) is 4.90 Å². The predicted molar refractivity (Wildman–Crippen MR) is 82.0 cm³/mol. The van der Waals surface area contributed by atoms with Crippen molar-refractivity contribution in [3.63, 3.8) is 0 Å². The molecule has 1 aromatic rings. The molecule has 4 nitrogen and oxygen atoms in total. The molecule has 0 aromatic heterocycles. The molecule has 0 saturated carbocycles. The van der Waals surface area contributed by atoms with Gasteiger partial charge in [-0.05, 0) is 30.5 Å². The van der Waals surface area contributed by atoms with Crippen LogP contribution in [0.1, 0.15) is 18.4 Å². The van der Waals surface area contributed by atoms with Crippen LogP contribution in [0, 0.1) is 11.7 Å². The van der Waals surface area contributed by atoms with E-state index in [2.05, 4.69) is 15.9 Å². The van der Waals surface area contributed by atoms with Crippen molar-refractivity contribution >= 4 is 31.7 Å². The van der Waals surface area contributed by atoms with E-state index < -0.39 is 9.84 Å². The molecule has 7 heteroatoms. The molecule has 0 spiro atoms. The Balaban J connectivity index is 1.95. The minimum atomic E-state index is -2.97. The first-order chi connectivity index (χ1) is 9.77. The lowest BCUT2D eigenvalue weighted by Gasteiger charge is -2.19. The summed E-state index contributed by atoms with van der Waals surface area (Å²) < 4.78 is 37.2. The molecule has 1 aliphatic rings. The molecule has 0 radical (unpaired) electrons. The monoisotopic (exact) mass is 377 g/mol. The second-order valence-corrected chi connectivity index (χ2v) is 8.60. The summed E-state index contributed by atoms with van der Waals surface area (Å²) >= 11 is 3.27. The number of rotatable bonds is 4. The average molecular weight is 378 g/mol. The number of amides is 1. The highest BCUT2D eigenvalue weighted by Gasteiger charge is 2.30. The number of halogens is 2. The lowest BCUT2D eigenvalue weighted by Crippen LogP contribution is -2.28. The van der Waals surface area contributed by atoms with E-state index in [-0.39, 0.29) is 42.1 Å². The van der Waals surface area contributed by atoms with Crippen LogP contribution in [0.5, 0.6) is 0 Å². The van der Waals surface area contributed by atoms with Gasteiger partial charge in [0.05, 0.1) is 11.5 Å². The molecule has 1 aromatic carbocycles. The summed E-state index contributed by atoms with van der Waals surface area (Å²) in [6.45, 7) is 0.170. The van der Waals surface area contributed by atoms with Gasteiger partial charge in [-0.3, -0.25) is 4.79 Å². The summed E-state index contributed by atoms with van der Waals surface area (Å²) in [5.74, 6) is -0.387. The quantitative estimate of drug-likeness (QED) is 0.809. The Hall–Kier alpha value is -0.950. The van der Waals surface area contributed by atoms with Gasteiger partial charge in [-0.15, -0.1) is 0 Å². The molecule has 1 heterocycles. The minimum absolute atomic E-state index is 0.0812. The lowest BCUT2D eigenvalue weighted by molar-refractivity contribution is -0.131. The van der Waals surface area contributed by atoms with Gasteiger partial charge in [-0.1, -0.05) is 15.9 Å². The van der Waals surface area contributed by atoms with Crippen LogP contribution < -0.4 is 0 Å². The molecule has 1 unspecified atom stereocenters. The third-order valence-corrected chi connectivity index (χ3v) is 5.96. The smallest absolute Gasteiger partial charge is 0.222 e. The Morgan fingerprint density at radius 3 is 2.81 bits per heavy atom. The van der Waals surface area contributed by atoms with Crippen LogP contribution in [0.3, 0.4) is 0 Å². The van der Waals surface area contributed by atoms with Crippen LogP contribution in [-0.2, 0) is 21.2 Å². The molecule has 1 aliphatic heterocycles. The van der Waals surface area contributed by atoms with Crippen LogP contribution in [-0.4, -0.2) is 37.8 Å². The zero-order chi connectivity index (χ0) is 15.6. The van der Waals surface area contributed by atoms with Gasteiger partial charge in [0, 0.05) is 30.0 Å². The highest BCUT2D eigenvalue weighted by atomic mass is 79.9. The van der Waals surface area contributed by atoms with Crippen molar-refractivity contribution in [3.8, 4) is 0 Å². The van der Waals surface area contributed by atoms with Crippen molar-refractivity contribution in [2.45, 2.75) is 19.4 Å². The molecule has 0 aliphatic carbocycles. The van der Waals surface area contributed by atoms with E-state index in [4.69, 9.17) is 0 Å². The highest BCUT2D eigenvalue weighted by Crippen LogP contribution is 2.23. The van der Waals surface area contributed by atoms with Crippen molar-refractivity contribution in [3.05, 3.63) is 34.1 Å². The Labute approximate surface area is 132 Å². The maximum atomic E-state index is 13.7. The summed E-state index contributed by atoms with van der Waals surface area (Å²) in [6, 6.07) is 4.59. The van der Waals surface area contributed by atoms with Crippen molar-refractivity contribution in [1.29, 1.82) is 0 Å². The first kappa shape index (κ1) is 16.4. The number of carbonyl (C=O) groups is 1. The number of sulfone groups is 1. The Kier molecular flexibility index (Phi) is 5.03. The van der Waals surface area contributed by atoms with Gasteiger partial charge >= 0.3 is 0 Å². The fourth-order valence-electron chi connectivity index (χ4n) is 2.44. The summed E-state index contributed by atoms with van der Waals surface area (Å²) in [5.41, 5.74) is 0.430. The molecule has 116 valence electrons. The van der Waals surface area contributed by atoms with Gasteiger partial charge in [0.25, 0.3) is 0 Å². The molecule has 1 atom stereocenters. The Morgan fingerprint density at radius 1 is 1.48 bits per heavy atom. The summed E-state index contributed by atoms with van der Waals surface area (Å²) in [5, 5.41) is 0. The standard InChI is InChI=1S/C14H17BrFNO3S/c1-17(8-11-7-12(15)2-3-13(11)16)14(18)6-10-4-5-21(19,20)9-10/h2-3,7,10H,4-6,8-9H2,1H3. The molecule has 1 amide bonds. The highest BCUT2D eigenvalue weighted by molar-refractivity contribution is 9.10. The second-order valence-electron chi connectivity index (χ2n) is 5.46. The first-order valence-electron chi connectivity index (χ1n) is 6.65. The third-order valence-electron chi connectivity index (χ3n) is 3.63. The number of carbonyl (C=O) groups excluding carboxylic acids is 1. The maximum absolute atomic E-state index is 13.7.